The first-order valence-electron chi connectivity index (χ1n) is 8.57. The summed E-state index contributed by atoms with van der Waals surface area (Å²) in [4.78, 5) is 12.1. The van der Waals surface area contributed by atoms with Gasteiger partial charge in [0.15, 0.2) is 0 Å². The monoisotopic (exact) mass is 341 g/mol. The predicted octanol–water partition coefficient (Wildman–Crippen LogP) is 4.34. The maximum Gasteiger partial charge on any atom is 0.407 e. The summed E-state index contributed by atoms with van der Waals surface area (Å²) < 4.78 is 11.2. The third-order valence-electron chi connectivity index (χ3n) is 3.48. The molecule has 0 aliphatic rings. The van der Waals surface area contributed by atoms with Crippen LogP contribution in [0, 0.1) is 0 Å². The third-order valence-corrected chi connectivity index (χ3v) is 3.48. The Hall–Kier alpha value is -2.33. The lowest BCUT2D eigenvalue weighted by Crippen LogP contribution is -2.42. The number of hydrogen-bond acceptors (Lipinski definition) is 3. The fourth-order valence-corrected chi connectivity index (χ4v) is 2.42. The highest BCUT2D eigenvalue weighted by Crippen LogP contribution is 2.09. The van der Waals surface area contributed by atoms with Crippen molar-refractivity contribution in [2.45, 2.75) is 45.4 Å². The molecule has 4 nitrogen and oxygen atoms in total. The van der Waals surface area contributed by atoms with Gasteiger partial charge in [-0.1, -0.05) is 60.7 Å². The average molecular weight is 341 g/mol. The standard InChI is InChI=1S/C21H27NO3/c1-21(2,3)25-20(23)22-19(14-17-10-6-4-7-11-17)16-24-15-18-12-8-5-9-13-18/h4-13,19H,14-16H2,1-3H3,(H,22,23)/t19-/m1/s1. The number of benzene rings is 2. The first kappa shape index (κ1) is 19.0. The molecule has 0 fully saturated rings. The quantitative estimate of drug-likeness (QED) is 0.815. The van der Waals surface area contributed by atoms with Crippen molar-refractivity contribution in [3.05, 3.63) is 71.8 Å². The molecule has 25 heavy (non-hydrogen) atoms. The van der Waals surface area contributed by atoms with E-state index in [9.17, 15) is 4.79 Å². The van der Waals surface area contributed by atoms with E-state index in [1.165, 1.54) is 0 Å². The summed E-state index contributed by atoms with van der Waals surface area (Å²) in [6.45, 7) is 6.49. The van der Waals surface area contributed by atoms with Crippen LogP contribution in [-0.4, -0.2) is 24.3 Å². The maximum atomic E-state index is 12.1. The van der Waals surface area contributed by atoms with E-state index >= 15 is 0 Å². The Morgan fingerprint density at radius 3 is 2.08 bits per heavy atom. The summed E-state index contributed by atoms with van der Waals surface area (Å²) in [5.74, 6) is 0. The molecule has 1 amide bonds. The molecule has 0 saturated carbocycles. The van der Waals surface area contributed by atoms with E-state index in [-0.39, 0.29) is 6.04 Å². The number of ether oxygens (including phenoxy) is 2. The number of rotatable bonds is 7. The molecule has 2 aromatic carbocycles. The lowest BCUT2D eigenvalue weighted by Gasteiger charge is -2.24. The van der Waals surface area contributed by atoms with Crippen molar-refractivity contribution in [3.8, 4) is 0 Å². The highest BCUT2D eigenvalue weighted by molar-refractivity contribution is 5.68. The van der Waals surface area contributed by atoms with E-state index in [4.69, 9.17) is 9.47 Å². The van der Waals surface area contributed by atoms with Crippen LogP contribution in [0.4, 0.5) is 4.79 Å². The van der Waals surface area contributed by atoms with Crippen molar-refractivity contribution in [2.24, 2.45) is 0 Å². The molecule has 2 aromatic rings. The van der Waals surface area contributed by atoms with Crippen LogP contribution in [-0.2, 0) is 22.5 Å². The van der Waals surface area contributed by atoms with Crippen molar-refractivity contribution in [1.82, 2.24) is 5.32 Å². The van der Waals surface area contributed by atoms with Gasteiger partial charge >= 0.3 is 6.09 Å². The second kappa shape index (κ2) is 9.23. The van der Waals surface area contributed by atoms with E-state index < -0.39 is 11.7 Å². The van der Waals surface area contributed by atoms with Gasteiger partial charge in [0.1, 0.15) is 5.60 Å². The number of carbonyl (C=O) groups excluding carboxylic acids is 1. The number of carbonyl (C=O) groups is 1. The zero-order chi connectivity index (χ0) is 18.1. The second-order valence-corrected chi connectivity index (χ2v) is 7.03. The normalized spacial score (nSPS) is 12.4. The molecule has 0 unspecified atom stereocenters. The van der Waals surface area contributed by atoms with Crippen molar-refractivity contribution in [1.29, 1.82) is 0 Å². The zero-order valence-electron chi connectivity index (χ0n) is 15.2. The van der Waals surface area contributed by atoms with Gasteiger partial charge in [-0.15, -0.1) is 0 Å². The van der Waals surface area contributed by atoms with Crippen LogP contribution in [0.25, 0.3) is 0 Å². The van der Waals surface area contributed by atoms with Gasteiger partial charge in [-0.2, -0.15) is 0 Å². The minimum absolute atomic E-state index is 0.152. The Kier molecular flexibility index (Phi) is 7.02. The molecule has 0 heterocycles. The summed E-state index contributed by atoms with van der Waals surface area (Å²) in [6.07, 6.45) is 0.270. The smallest absolute Gasteiger partial charge is 0.407 e. The summed E-state index contributed by atoms with van der Waals surface area (Å²) >= 11 is 0. The largest absolute Gasteiger partial charge is 0.444 e. The topological polar surface area (TPSA) is 47.6 Å². The van der Waals surface area contributed by atoms with Crippen LogP contribution in [0.1, 0.15) is 31.9 Å². The van der Waals surface area contributed by atoms with E-state index in [2.05, 4.69) is 5.32 Å². The maximum absolute atomic E-state index is 12.1. The van der Waals surface area contributed by atoms with Crippen LogP contribution in [0.3, 0.4) is 0 Å². The lowest BCUT2D eigenvalue weighted by atomic mass is 10.1. The Bertz CT molecular complexity index is 635. The van der Waals surface area contributed by atoms with Crippen LogP contribution in [0.2, 0.25) is 0 Å². The van der Waals surface area contributed by atoms with Crippen LogP contribution >= 0.6 is 0 Å². The van der Waals surface area contributed by atoms with Gasteiger partial charge in [-0.3, -0.25) is 0 Å². The molecule has 4 heteroatoms. The first-order chi connectivity index (χ1) is 11.9. The van der Waals surface area contributed by atoms with Gasteiger partial charge in [0, 0.05) is 0 Å². The predicted molar refractivity (Wildman–Crippen MR) is 99.4 cm³/mol. The zero-order valence-corrected chi connectivity index (χ0v) is 15.2. The van der Waals surface area contributed by atoms with Gasteiger partial charge < -0.3 is 14.8 Å². The van der Waals surface area contributed by atoms with Crippen LogP contribution in [0.5, 0.6) is 0 Å². The van der Waals surface area contributed by atoms with E-state index in [0.29, 0.717) is 19.6 Å². The molecule has 0 saturated heterocycles. The Balaban J connectivity index is 1.92. The Labute approximate surface area is 150 Å². The second-order valence-electron chi connectivity index (χ2n) is 7.03. The number of amides is 1. The summed E-state index contributed by atoms with van der Waals surface area (Å²) in [5, 5.41) is 2.92. The molecular weight excluding hydrogens is 314 g/mol. The van der Waals surface area contributed by atoms with E-state index in [1.54, 1.807) is 0 Å². The Morgan fingerprint density at radius 2 is 1.52 bits per heavy atom. The molecular formula is C21H27NO3. The van der Waals surface area contributed by atoms with Crippen LogP contribution < -0.4 is 5.32 Å². The highest BCUT2D eigenvalue weighted by atomic mass is 16.6. The van der Waals surface area contributed by atoms with E-state index in [0.717, 1.165) is 11.1 Å². The van der Waals surface area contributed by atoms with E-state index in [1.807, 2.05) is 81.4 Å². The molecule has 0 aliphatic carbocycles. The van der Waals surface area contributed by atoms with Crippen molar-refractivity contribution in [3.63, 3.8) is 0 Å². The van der Waals surface area contributed by atoms with Gasteiger partial charge in [0.25, 0.3) is 0 Å². The molecule has 2 rings (SSSR count). The molecule has 0 aliphatic heterocycles. The van der Waals surface area contributed by atoms with Gasteiger partial charge in [-0.05, 0) is 38.3 Å². The Morgan fingerprint density at radius 1 is 0.960 bits per heavy atom. The average Bonchev–Trinajstić information content (AvgIpc) is 2.55. The van der Waals surface area contributed by atoms with Crippen molar-refractivity contribution in [2.75, 3.05) is 6.61 Å². The van der Waals surface area contributed by atoms with Crippen molar-refractivity contribution >= 4 is 6.09 Å². The molecule has 1 N–H and O–H groups in total. The first-order valence-corrected chi connectivity index (χ1v) is 8.57. The minimum atomic E-state index is -0.522. The minimum Gasteiger partial charge on any atom is -0.444 e. The summed E-state index contributed by atoms with van der Waals surface area (Å²) in [6, 6.07) is 19.9. The molecule has 1 atom stereocenters. The van der Waals surface area contributed by atoms with Gasteiger partial charge in [0.2, 0.25) is 0 Å². The molecule has 0 radical (unpaired) electrons. The lowest BCUT2D eigenvalue weighted by molar-refractivity contribution is 0.0429. The summed E-state index contributed by atoms with van der Waals surface area (Å²) in [7, 11) is 0. The molecule has 0 bridgehead atoms. The number of hydrogen-bond donors (Lipinski definition) is 1. The third kappa shape index (κ3) is 7.86. The molecule has 134 valence electrons. The fourth-order valence-electron chi connectivity index (χ4n) is 2.42. The van der Waals surface area contributed by atoms with Gasteiger partial charge in [0.05, 0.1) is 19.3 Å². The van der Waals surface area contributed by atoms with Crippen molar-refractivity contribution < 1.29 is 14.3 Å². The fraction of sp³-hybridized carbons (Fsp3) is 0.381. The summed E-state index contributed by atoms with van der Waals surface area (Å²) in [5.41, 5.74) is 1.73. The SMILES string of the molecule is CC(C)(C)OC(=O)N[C@@H](COCc1ccccc1)Cc1ccccc1. The molecule has 0 spiro atoms. The van der Waals surface area contributed by atoms with Gasteiger partial charge in [-0.25, -0.2) is 4.79 Å². The molecule has 0 aromatic heterocycles. The van der Waals surface area contributed by atoms with Crippen LogP contribution in [0.15, 0.2) is 60.7 Å². The number of alkyl carbamates (subject to hydrolysis) is 1. The highest BCUT2D eigenvalue weighted by Gasteiger charge is 2.20. The number of nitrogens with one attached hydrogen (secondary N) is 1.